The van der Waals surface area contributed by atoms with Crippen LogP contribution in [0.4, 0.5) is 18.9 Å². The van der Waals surface area contributed by atoms with E-state index in [9.17, 15) is 27.6 Å². The third kappa shape index (κ3) is 7.09. The largest absolute Gasteiger partial charge is 0.469 e. The number of nitrogens with one attached hydrogen (secondary N) is 2. The topological polar surface area (TPSA) is 87.7 Å². The van der Waals surface area contributed by atoms with E-state index in [0.717, 1.165) is 6.07 Å². The third-order valence-electron chi connectivity index (χ3n) is 3.24. The van der Waals surface area contributed by atoms with E-state index in [2.05, 4.69) is 15.4 Å². The molecule has 0 spiro atoms. The first-order valence-corrected chi connectivity index (χ1v) is 7.70. The van der Waals surface area contributed by atoms with Crippen LogP contribution >= 0.6 is 0 Å². The van der Waals surface area contributed by atoms with Crippen molar-refractivity contribution in [2.75, 3.05) is 39.1 Å². The van der Waals surface area contributed by atoms with Crippen LogP contribution < -0.4 is 10.6 Å². The van der Waals surface area contributed by atoms with Gasteiger partial charge in [-0.1, -0.05) is 0 Å². The van der Waals surface area contributed by atoms with Crippen LogP contribution in [0.3, 0.4) is 0 Å². The SMILES string of the molecule is COC(=O)CCCNC(=O)CN(C)CC(=O)Nc1ccc(F)c(F)c1F. The van der Waals surface area contributed by atoms with Gasteiger partial charge in [0.15, 0.2) is 17.5 Å². The van der Waals surface area contributed by atoms with Gasteiger partial charge >= 0.3 is 5.97 Å². The molecule has 0 aliphatic rings. The highest BCUT2D eigenvalue weighted by atomic mass is 19.2. The number of halogens is 3. The molecule has 7 nitrogen and oxygen atoms in total. The summed E-state index contributed by atoms with van der Waals surface area (Å²) in [6.07, 6.45) is 0.590. The van der Waals surface area contributed by atoms with Gasteiger partial charge in [-0.15, -0.1) is 0 Å². The Morgan fingerprint density at radius 1 is 1.08 bits per heavy atom. The fourth-order valence-corrected chi connectivity index (χ4v) is 1.98. The molecule has 0 heterocycles. The van der Waals surface area contributed by atoms with Crippen LogP contribution in [-0.4, -0.2) is 56.5 Å². The van der Waals surface area contributed by atoms with Gasteiger partial charge in [0.05, 0.1) is 25.9 Å². The number of carbonyl (C=O) groups excluding carboxylic acids is 3. The van der Waals surface area contributed by atoms with Crippen molar-refractivity contribution in [3.05, 3.63) is 29.6 Å². The zero-order valence-electron chi connectivity index (χ0n) is 14.4. The van der Waals surface area contributed by atoms with Crippen molar-refractivity contribution in [2.24, 2.45) is 0 Å². The number of hydrogen-bond acceptors (Lipinski definition) is 5. The minimum atomic E-state index is -1.68. The Bertz CT molecular complexity index is 670. The van der Waals surface area contributed by atoms with Crippen LogP contribution in [0.1, 0.15) is 12.8 Å². The maximum absolute atomic E-state index is 13.5. The fraction of sp³-hybridized carbons (Fsp3) is 0.438. The van der Waals surface area contributed by atoms with E-state index in [1.807, 2.05) is 0 Å². The van der Waals surface area contributed by atoms with Crippen molar-refractivity contribution < 1.29 is 32.3 Å². The third-order valence-corrected chi connectivity index (χ3v) is 3.24. The van der Waals surface area contributed by atoms with Gasteiger partial charge in [0.1, 0.15) is 0 Å². The number of carbonyl (C=O) groups is 3. The maximum atomic E-state index is 13.5. The monoisotopic (exact) mass is 375 g/mol. The predicted molar refractivity (Wildman–Crippen MR) is 86.7 cm³/mol. The lowest BCUT2D eigenvalue weighted by Gasteiger charge is -2.16. The summed E-state index contributed by atoms with van der Waals surface area (Å²) in [5.74, 6) is -5.98. The molecule has 2 N–H and O–H groups in total. The molecule has 0 aliphatic carbocycles. The van der Waals surface area contributed by atoms with Gasteiger partial charge in [-0.25, -0.2) is 13.2 Å². The fourth-order valence-electron chi connectivity index (χ4n) is 1.98. The molecule has 0 unspecified atom stereocenters. The van der Waals surface area contributed by atoms with Gasteiger partial charge in [-0.05, 0) is 25.6 Å². The molecule has 0 fully saturated rings. The average molecular weight is 375 g/mol. The molecule has 0 atom stereocenters. The molecule has 1 aromatic carbocycles. The molecular weight excluding hydrogens is 355 g/mol. The Hall–Kier alpha value is -2.62. The van der Waals surface area contributed by atoms with Gasteiger partial charge in [0.25, 0.3) is 0 Å². The van der Waals surface area contributed by atoms with Crippen molar-refractivity contribution in [2.45, 2.75) is 12.8 Å². The van der Waals surface area contributed by atoms with E-state index in [1.54, 1.807) is 0 Å². The van der Waals surface area contributed by atoms with Crippen LogP contribution in [-0.2, 0) is 19.1 Å². The predicted octanol–water partition coefficient (Wildman–Crippen LogP) is 1.04. The molecule has 0 saturated carbocycles. The van der Waals surface area contributed by atoms with Crippen LogP contribution in [0.5, 0.6) is 0 Å². The summed E-state index contributed by atoms with van der Waals surface area (Å²) < 4.78 is 43.9. The van der Waals surface area contributed by atoms with Gasteiger partial charge < -0.3 is 15.4 Å². The molecule has 0 saturated heterocycles. The normalized spacial score (nSPS) is 10.5. The van der Waals surface area contributed by atoms with Gasteiger partial charge in [-0.3, -0.25) is 19.3 Å². The maximum Gasteiger partial charge on any atom is 0.305 e. The molecule has 0 bridgehead atoms. The molecule has 26 heavy (non-hydrogen) atoms. The van der Waals surface area contributed by atoms with E-state index in [0.29, 0.717) is 12.5 Å². The number of likely N-dealkylation sites (N-methyl/N-ethyl adjacent to an activating group) is 1. The first-order chi connectivity index (χ1) is 12.2. The number of rotatable bonds is 9. The zero-order chi connectivity index (χ0) is 19.7. The Balaban J connectivity index is 2.37. The lowest BCUT2D eigenvalue weighted by molar-refractivity contribution is -0.140. The van der Waals surface area contributed by atoms with E-state index >= 15 is 0 Å². The van der Waals surface area contributed by atoms with Gasteiger partial charge in [-0.2, -0.15) is 0 Å². The van der Waals surface area contributed by atoms with E-state index in [4.69, 9.17) is 0 Å². The van der Waals surface area contributed by atoms with Crippen molar-refractivity contribution in [3.63, 3.8) is 0 Å². The number of methoxy groups -OCH3 is 1. The van der Waals surface area contributed by atoms with Crippen molar-refractivity contribution in [1.82, 2.24) is 10.2 Å². The van der Waals surface area contributed by atoms with Crippen LogP contribution in [0.15, 0.2) is 12.1 Å². The Morgan fingerprint density at radius 2 is 1.73 bits per heavy atom. The van der Waals surface area contributed by atoms with Gasteiger partial charge in [0, 0.05) is 13.0 Å². The summed E-state index contributed by atoms with van der Waals surface area (Å²) in [5.41, 5.74) is -0.491. The number of benzene rings is 1. The summed E-state index contributed by atoms with van der Waals surface area (Å²) in [6.45, 7) is -0.117. The number of nitrogens with zero attached hydrogens (tertiary/aromatic N) is 1. The second kappa shape index (κ2) is 10.4. The van der Waals surface area contributed by atoms with Crippen LogP contribution in [0.25, 0.3) is 0 Å². The molecule has 0 radical (unpaired) electrons. The Kier molecular flexibility index (Phi) is 8.56. The number of hydrogen-bond donors (Lipinski definition) is 2. The van der Waals surface area contributed by atoms with Crippen molar-refractivity contribution >= 4 is 23.5 Å². The van der Waals surface area contributed by atoms with Gasteiger partial charge in [0.2, 0.25) is 11.8 Å². The Labute approximate surface area is 148 Å². The molecule has 10 heteroatoms. The second-order valence-corrected chi connectivity index (χ2v) is 5.47. The quantitative estimate of drug-likeness (QED) is 0.383. The van der Waals surface area contributed by atoms with Crippen molar-refractivity contribution in [3.8, 4) is 0 Å². The number of anilines is 1. The zero-order valence-corrected chi connectivity index (χ0v) is 14.4. The summed E-state index contributed by atoms with van der Waals surface area (Å²) in [6, 6.07) is 1.60. The van der Waals surface area contributed by atoms with E-state index in [1.165, 1.54) is 19.1 Å². The van der Waals surface area contributed by atoms with Crippen LogP contribution in [0, 0.1) is 17.5 Å². The molecular formula is C16H20F3N3O4. The molecule has 0 aromatic heterocycles. The second-order valence-electron chi connectivity index (χ2n) is 5.47. The molecule has 144 valence electrons. The highest BCUT2D eigenvalue weighted by molar-refractivity contribution is 5.92. The Morgan fingerprint density at radius 3 is 2.38 bits per heavy atom. The smallest absolute Gasteiger partial charge is 0.305 e. The highest BCUT2D eigenvalue weighted by Crippen LogP contribution is 2.19. The summed E-state index contributed by atoms with van der Waals surface area (Å²) in [7, 11) is 2.75. The molecule has 0 aliphatic heterocycles. The van der Waals surface area contributed by atoms with E-state index in [-0.39, 0.29) is 37.9 Å². The average Bonchev–Trinajstić information content (AvgIpc) is 2.58. The van der Waals surface area contributed by atoms with Crippen molar-refractivity contribution in [1.29, 1.82) is 0 Å². The molecule has 1 rings (SSSR count). The first kappa shape index (κ1) is 21.4. The minimum Gasteiger partial charge on any atom is -0.469 e. The van der Waals surface area contributed by atoms with E-state index < -0.39 is 29.0 Å². The lowest BCUT2D eigenvalue weighted by atomic mass is 10.2. The first-order valence-electron chi connectivity index (χ1n) is 7.70. The number of esters is 1. The molecule has 2 amide bonds. The number of amides is 2. The number of ether oxygens (including phenoxy) is 1. The van der Waals surface area contributed by atoms with Crippen LogP contribution in [0.2, 0.25) is 0 Å². The summed E-state index contributed by atoms with van der Waals surface area (Å²) in [4.78, 5) is 35.8. The lowest BCUT2D eigenvalue weighted by Crippen LogP contribution is -2.39. The standard InChI is InChI=1S/C16H20F3N3O4/c1-22(8-12(23)20-7-3-4-14(25)26-2)9-13(24)21-11-6-5-10(17)15(18)16(11)19/h5-6H,3-4,7-9H2,1-2H3,(H,20,23)(H,21,24). The summed E-state index contributed by atoms with van der Waals surface area (Å²) in [5, 5.41) is 4.68. The summed E-state index contributed by atoms with van der Waals surface area (Å²) >= 11 is 0. The molecule has 1 aromatic rings. The minimum absolute atomic E-state index is 0.119. The highest BCUT2D eigenvalue weighted by Gasteiger charge is 2.16.